The fourth-order valence-electron chi connectivity index (χ4n) is 8.10. The molecule has 1 unspecified atom stereocenters. The second-order valence-corrected chi connectivity index (χ2v) is 19.8. The fourth-order valence-corrected chi connectivity index (χ4v) is 8.10. The Morgan fingerprint density at radius 3 is 0.933 bits per heavy atom. The van der Waals surface area contributed by atoms with Crippen LogP contribution in [0.15, 0.2) is 134 Å². The molecule has 0 radical (unpaired) electrons. The van der Waals surface area contributed by atoms with Crippen LogP contribution >= 0.6 is 0 Å². The molecule has 6 heteroatoms. The Hall–Kier alpha value is -4.45. The number of esters is 3. The molecule has 424 valence electrons. The van der Waals surface area contributed by atoms with Crippen molar-refractivity contribution in [2.24, 2.45) is 0 Å². The van der Waals surface area contributed by atoms with E-state index in [9.17, 15) is 14.4 Å². The van der Waals surface area contributed by atoms with E-state index < -0.39 is 6.10 Å². The smallest absolute Gasteiger partial charge is 0.306 e. The lowest BCUT2D eigenvalue weighted by molar-refractivity contribution is -0.166. The number of ether oxygens (including phenoxy) is 3. The molecule has 0 fully saturated rings. The van der Waals surface area contributed by atoms with Crippen LogP contribution in [-0.4, -0.2) is 37.2 Å². The average Bonchev–Trinajstić information content (AvgIpc) is 3.41. The maximum atomic E-state index is 12.9. The van der Waals surface area contributed by atoms with Gasteiger partial charge in [0.25, 0.3) is 0 Å². The van der Waals surface area contributed by atoms with Gasteiger partial charge in [0.15, 0.2) is 6.10 Å². The lowest BCUT2D eigenvalue weighted by Gasteiger charge is -2.18. The summed E-state index contributed by atoms with van der Waals surface area (Å²) in [6, 6.07) is 0. The van der Waals surface area contributed by atoms with E-state index >= 15 is 0 Å². The van der Waals surface area contributed by atoms with E-state index in [1.807, 2.05) is 12.2 Å². The second kappa shape index (κ2) is 62.1. The maximum absolute atomic E-state index is 12.9. The first-order chi connectivity index (χ1) is 37.0. The molecule has 0 spiro atoms. The average molecular weight is 1040 g/mol. The normalized spacial score (nSPS) is 13.1. The van der Waals surface area contributed by atoms with Crippen molar-refractivity contribution in [1.29, 1.82) is 0 Å². The monoisotopic (exact) mass is 1040 g/mol. The molecule has 75 heavy (non-hydrogen) atoms. The van der Waals surface area contributed by atoms with Gasteiger partial charge >= 0.3 is 17.9 Å². The predicted molar refractivity (Wildman–Crippen MR) is 325 cm³/mol. The third-order valence-electron chi connectivity index (χ3n) is 12.6. The van der Waals surface area contributed by atoms with Gasteiger partial charge in [-0.05, 0) is 122 Å². The maximum Gasteiger partial charge on any atom is 0.306 e. The van der Waals surface area contributed by atoms with Crippen LogP contribution in [0, 0.1) is 0 Å². The minimum absolute atomic E-state index is 0.122. The summed E-state index contributed by atoms with van der Waals surface area (Å²) in [6.45, 7) is 6.31. The van der Waals surface area contributed by atoms with Gasteiger partial charge in [-0.1, -0.05) is 257 Å². The molecule has 0 N–H and O–H groups in total. The van der Waals surface area contributed by atoms with Crippen molar-refractivity contribution in [3.8, 4) is 0 Å². The molecule has 0 amide bonds. The minimum Gasteiger partial charge on any atom is -0.462 e. The Labute approximate surface area is 462 Å². The lowest BCUT2D eigenvalue weighted by atomic mass is 10.0. The molecular weight excluding hydrogens is 925 g/mol. The van der Waals surface area contributed by atoms with Crippen LogP contribution < -0.4 is 0 Å². The first-order valence-electron chi connectivity index (χ1n) is 30.7. The molecule has 1 atom stereocenters. The van der Waals surface area contributed by atoms with Crippen LogP contribution in [0.1, 0.15) is 265 Å². The summed E-state index contributed by atoms with van der Waals surface area (Å²) in [4.78, 5) is 38.2. The number of allylic oxidation sites excluding steroid dienone is 22. The Morgan fingerprint density at radius 2 is 0.547 bits per heavy atom. The molecule has 0 rings (SSSR count). The third kappa shape index (κ3) is 60.3. The second-order valence-electron chi connectivity index (χ2n) is 19.8. The van der Waals surface area contributed by atoms with Crippen LogP contribution in [0.2, 0.25) is 0 Å². The van der Waals surface area contributed by atoms with Crippen LogP contribution in [0.5, 0.6) is 0 Å². The van der Waals surface area contributed by atoms with Crippen molar-refractivity contribution >= 4 is 17.9 Å². The number of carbonyl (C=O) groups is 3. The van der Waals surface area contributed by atoms with Gasteiger partial charge in [0, 0.05) is 19.3 Å². The Balaban J connectivity index is 4.47. The predicted octanol–water partition coefficient (Wildman–Crippen LogP) is 21.0. The summed E-state index contributed by atoms with van der Waals surface area (Å²) in [5.41, 5.74) is 0. The molecule has 0 saturated carbocycles. The van der Waals surface area contributed by atoms with Gasteiger partial charge in [-0.15, -0.1) is 0 Å². The van der Waals surface area contributed by atoms with E-state index in [-0.39, 0.29) is 44.0 Å². The van der Waals surface area contributed by atoms with Gasteiger partial charge in [0.2, 0.25) is 0 Å². The number of rotatable bonds is 54. The molecule has 6 nitrogen and oxygen atoms in total. The summed E-state index contributed by atoms with van der Waals surface area (Å²) in [5, 5.41) is 0. The van der Waals surface area contributed by atoms with Crippen molar-refractivity contribution in [2.45, 2.75) is 271 Å². The molecular formula is C69H112O6. The van der Waals surface area contributed by atoms with E-state index in [0.29, 0.717) is 19.3 Å². The van der Waals surface area contributed by atoms with Gasteiger partial charge in [0.05, 0.1) is 0 Å². The van der Waals surface area contributed by atoms with E-state index in [1.54, 1.807) is 0 Å². The first-order valence-corrected chi connectivity index (χ1v) is 30.7. The summed E-state index contributed by atoms with van der Waals surface area (Å²) in [7, 11) is 0. The molecule has 0 aromatic carbocycles. The lowest BCUT2D eigenvalue weighted by Crippen LogP contribution is -2.30. The van der Waals surface area contributed by atoms with E-state index in [2.05, 4.69) is 142 Å². The highest BCUT2D eigenvalue weighted by molar-refractivity contribution is 5.71. The summed E-state index contributed by atoms with van der Waals surface area (Å²) in [5.74, 6) is -1.05. The number of hydrogen-bond donors (Lipinski definition) is 0. The molecule has 0 aliphatic carbocycles. The Bertz CT molecular complexity index is 1620. The summed E-state index contributed by atoms with van der Waals surface area (Å²) in [6.07, 6.45) is 87.6. The molecule has 0 bridgehead atoms. The molecule has 0 saturated heterocycles. The van der Waals surface area contributed by atoms with Crippen molar-refractivity contribution < 1.29 is 28.6 Å². The minimum atomic E-state index is -0.836. The standard InChI is InChI=1S/C69H112O6/c1-4-7-10-13-16-19-22-25-27-29-31-33-34-36-37-39-41-44-47-50-53-56-59-62-68(71)74-65-66(64-73-67(70)61-58-55-52-49-46-43-24-21-18-15-12-9-6-3)75-69(72)63-60-57-54-51-48-45-42-40-38-35-32-30-28-26-23-20-17-14-11-8-5-2/h8-9,11-12,17-18,20-21,26,28-29,31-32,35,40,42-43,46,48,51-52,55,66H,4-7,10,13-16,19,22-25,27,30,33-34,36-39,41,44-45,47,49-50,53-54,56-65H2,1-3H3/b11-8-,12-9-,20-17-,21-18-,28-26-,31-29-,35-32-,42-40-,46-43-,51-48-,55-52-. The zero-order valence-corrected chi connectivity index (χ0v) is 48.5. The van der Waals surface area contributed by atoms with Crippen LogP contribution in [0.25, 0.3) is 0 Å². The van der Waals surface area contributed by atoms with Crippen molar-refractivity contribution in [3.05, 3.63) is 134 Å². The van der Waals surface area contributed by atoms with Gasteiger partial charge in [-0.3, -0.25) is 14.4 Å². The molecule has 0 aromatic heterocycles. The number of unbranched alkanes of at least 4 members (excludes halogenated alkanes) is 21. The highest BCUT2D eigenvalue weighted by Gasteiger charge is 2.19. The number of hydrogen-bond acceptors (Lipinski definition) is 6. The molecule has 0 aliphatic heterocycles. The zero-order chi connectivity index (χ0) is 54.3. The molecule has 0 aromatic rings. The van der Waals surface area contributed by atoms with Crippen LogP contribution in [0.3, 0.4) is 0 Å². The van der Waals surface area contributed by atoms with E-state index in [4.69, 9.17) is 14.2 Å². The van der Waals surface area contributed by atoms with Gasteiger partial charge < -0.3 is 14.2 Å². The third-order valence-corrected chi connectivity index (χ3v) is 12.6. The van der Waals surface area contributed by atoms with Gasteiger partial charge in [-0.2, -0.15) is 0 Å². The highest BCUT2D eigenvalue weighted by atomic mass is 16.6. The fraction of sp³-hybridized carbons (Fsp3) is 0.638. The summed E-state index contributed by atoms with van der Waals surface area (Å²) >= 11 is 0. The Morgan fingerprint density at radius 1 is 0.280 bits per heavy atom. The first kappa shape index (κ1) is 70.5. The van der Waals surface area contributed by atoms with Crippen molar-refractivity contribution in [2.75, 3.05) is 13.2 Å². The SMILES string of the molecule is CC/C=C\C/C=C\C/C=C\C/C=C\C/C=C\C/C=C\CCCCC(=O)OC(COC(=O)CC/C=C\C/C=C\C/C=C\C/C=C\CC)COC(=O)CCCCCCCCCCCCC/C=C\CCCCCCCCCC. The van der Waals surface area contributed by atoms with Crippen molar-refractivity contribution in [3.63, 3.8) is 0 Å². The number of carbonyl (C=O) groups excluding carboxylic acids is 3. The zero-order valence-electron chi connectivity index (χ0n) is 48.5. The summed E-state index contributed by atoms with van der Waals surface area (Å²) < 4.78 is 16.8. The highest BCUT2D eigenvalue weighted by Crippen LogP contribution is 2.15. The van der Waals surface area contributed by atoms with E-state index in [0.717, 1.165) is 96.3 Å². The molecule has 0 heterocycles. The van der Waals surface area contributed by atoms with Crippen molar-refractivity contribution in [1.82, 2.24) is 0 Å². The Kier molecular flexibility index (Phi) is 58.4. The topological polar surface area (TPSA) is 78.9 Å². The van der Waals surface area contributed by atoms with Crippen LogP contribution in [0.4, 0.5) is 0 Å². The quantitative estimate of drug-likeness (QED) is 0.0261. The van der Waals surface area contributed by atoms with E-state index in [1.165, 1.54) is 116 Å². The van der Waals surface area contributed by atoms with Gasteiger partial charge in [0.1, 0.15) is 13.2 Å². The van der Waals surface area contributed by atoms with Crippen LogP contribution in [-0.2, 0) is 28.6 Å². The molecule has 0 aliphatic rings. The van der Waals surface area contributed by atoms with Gasteiger partial charge in [-0.25, -0.2) is 0 Å². The largest absolute Gasteiger partial charge is 0.462 e.